The zero-order chi connectivity index (χ0) is 37.5. The third kappa shape index (κ3) is 40.1. The maximum atomic E-state index is 12.3. The molecule has 0 aliphatic carbocycles. The van der Waals surface area contributed by atoms with Gasteiger partial charge < -0.3 is 19.3 Å². The van der Waals surface area contributed by atoms with Crippen LogP contribution in [0.1, 0.15) is 162 Å². The van der Waals surface area contributed by atoms with E-state index in [9.17, 15) is 14.2 Å². The number of phosphoric ester groups is 1. The van der Waals surface area contributed by atoms with Crippen LogP contribution in [0.25, 0.3) is 0 Å². The number of allylic oxidation sites excluding steroid dienone is 12. The standard InChI is InChI=1S/C42H71O8P/c1-3-5-7-9-11-13-15-17-19-20-21-22-23-25-27-29-31-33-35-37-42(44)50-40(39-49-51(45,46)47)38-48-41(43)36-34-32-30-28-26-24-18-16-14-12-10-8-6-4-2/h5,7,11,13,17,19,21-22,25,27,31,33,40H,3-4,6,8-10,12,14-16,18,20,23-24,26,28-30,32,34-39H2,1-2H3,(H2,45,46,47)/b7-5-,13-11-,19-17-,22-21-,27-25-,33-31-. The van der Waals surface area contributed by atoms with Gasteiger partial charge >= 0.3 is 19.8 Å². The van der Waals surface area contributed by atoms with Crippen LogP contribution in [-0.2, 0) is 28.2 Å². The van der Waals surface area contributed by atoms with E-state index in [0.717, 1.165) is 51.4 Å². The predicted molar refractivity (Wildman–Crippen MR) is 211 cm³/mol. The maximum Gasteiger partial charge on any atom is 0.469 e. The van der Waals surface area contributed by atoms with Crippen molar-refractivity contribution in [2.75, 3.05) is 13.2 Å². The van der Waals surface area contributed by atoms with Gasteiger partial charge in [0.1, 0.15) is 6.61 Å². The first kappa shape index (κ1) is 48.5. The number of esters is 2. The monoisotopic (exact) mass is 734 g/mol. The van der Waals surface area contributed by atoms with E-state index in [0.29, 0.717) is 12.8 Å². The fourth-order valence-corrected chi connectivity index (χ4v) is 5.46. The number of rotatable bonds is 35. The molecule has 51 heavy (non-hydrogen) atoms. The van der Waals surface area contributed by atoms with Crippen LogP contribution in [0, 0.1) is 0 Å². The quantitative estimate of drug-likeness (QED) is 0.0286. The summed E-state index contributed by atoms with van der Waals surface area (Å²) >= 11 is 0. The van der Waals surface area contributed by atoms with Crippen molar-refractivity contribution in [3.05, 3.63) is 72.9 Å². The Morgan fingerprint density at radius 1 is 0.529 bits per heavy atom. The van der Waals surface area contributed by atoms with E-state index in [1.165, 1.54) is 70.6 Å². The van der Waals surface area contributed by atoms with Gasteiger partial charge in [0, 0.05) is 12.8 Å². The van der Waals surface area contributed by atoms with E-state index in [2.05, 4.69) is 79.1 Å². The number of ether oxygens (including phenoxy) is 2. The number of hydrogen-bond acceptors (Lipinski definition) is 6. The van der Waals surface area contributed by atoms with E-state index in [1.807, 2.05) is 12.2 Å². The second-order valence-corrected chi connectivity index (χ2v) is 14.1. The lowest BCUT2D eigenvalue weighted by molar-refractivity contribution is -0.161. The molecule has 0 rings (SSSR count). The van der Waals surface area contributed by atoms with Gasteiger partial charge in [0.25, 0.3) is 0 Å². The zero-order valence-electron chi connectivity index (χ0n) is 32.0. The first-order chi connectivity index (χ1) is 24.8. The Labute approximate surface area is 310 Å². The Morgan fingerprint density at radius 2 is 0.941 bits per heavy atom. The summed E-state index contributed by atoms with van der Waals surface area (Å²) in [6, 6.07) is 0. The average molecular weight is 735 g/mol. The summed E-state index contributed by atoms with van der Waals surface area (Å²) in [6.45, 7) is 3.50. The highest BCUT2D eigenvalue weighted by Crippen LogP contribution is 2.36. The highest BCUT2D eigenvalue weighted by atomic mass is 31.2. The molecule has 8 nitrogen and oxygen atoms in total. The first-order valence-corrected chi connectivity index (χ1v) is 21.3. The lowest BCUT2D eigenvalue weighted by Crippen LogP contribution is -2.29. The van der Waals surface area contributed by atoms with Crippen LogP contribution in [0.2, 0.25) is 0 Å². The molecule has 0 aromatic heterocycles. The van der Waals surface area contributed by atoms with Crippen LogP contribution in [0.15, 0.2) is 72.9 Å². The molecule has 0 heterocycles. The van der Waals surface area contributed by atoms with Crippen molar-refractivity contribution in [3.63, 3.8) is 0 Å². The van der Waals surface area contributed by atoms with E-state index in [-0.39, 0.29) is 19.4 Å². The molecule has 0 aromatic rings. The zero-order valence-corrected chi connectivity index (χ0v) is 32.9. The molecule has 1 unspecified atom stereocenters. The third-order valence-corrected chi connectivity index (χ3v) is 8.49. The SMILES string of the molecule is CC/C=C\C/C=C\C/C=C\C/C=C\C/C=C\C/C=C\CCC(=O)OC(COC(=O)CCCCCCCCCCCCCCCC)COP(=O)(O)O. The van der Waals surface area contributed by atoms with Gasteiger partial charge in [0.15, 0.2) is 6.10 Å². The van der Waals surface area contributed by atoms with Gasteiger partial charge in [-0.2, -0.15) is 0 Å². The number of carbonyl (C=O) groups is 2. The predicted octanol–water partition coefficient (Wildman–Crippen LogP) is 11.9. The number of unbranched alkanes of at least 4 members (excludes halogenated alkanes) is 13. The van der Waals surface area contributed by atoms with Crippen LogP contribution in [0.5, 0.6) is 0 Å². The van der Waals surface area contributed by atoms with Crippen LogP contribution < -0.4 is 0 Å². The minimum absolute atomic E-state index is 0.0849. The fourth-order valence-electron chi connectivity index (χ4n) is 5.10. The fraction of sp³-hybridized carbons (Fsp3) is 0.667. The largest absolute Gasteiger partial charge is 0.469 e. The molecule has 0 amide bonds. The van der Waals surface area contributed by atoms with Gasteiger partial charge in [0.2, 0.25) is 0 Å². The molecular formula is C42H71O8P. The molecule has 0 aliphatic rings. The molecule has 0 fully saturated rings. The van der Waals surface area contributed by atoms with Crippen LogP contribution in [0.3, 0.4) is 0 Å². The number of hydrogen-bond donors (Lipinski definition) is 2. The van der Waals surface area contributed by atoms with Crippen molar-refractivity contribution in [2.24, 2.45) is 0 Å². The molecule has 0 saturated carbocycles. The van der Waals surface area contributed by atoms with Crippen molar-refractivity contribution in [1.82, 2.24) is 0 Å². The lowest BCUT2D eigenvalue weighted by Gasteiger charge is -2.18. The minimum atomic E-state index is -4.77. The van der Waals surface area contributed by atoms with Gasteiger partial charge in [0.05, 0.1) is 6.61 Å². The van der Waals surface area contributed by atoms with Gasteiger partial charge in [-0.25, -0.2) is 4.57 Å². The second-order valence-electron chi connectivity index (χ2n) is 12.9. The van der Waals surface area contributed by atoms with Crippen LogP contribution >= 0.6 is 7.82 Å². The van der Waals surface area contributed by atoms with Crippen molar-refractivity contribution in [3.8, 4) is 0 Å². The molecule has 0 aromatic carbocycles. The summed E-state index contributed by atoms with van der Waals surface area (Å²) in [6.07, 6.45) is 47.8. The van der Waals surface area contributed by atoms with Gasteiger partial charge in [-0.3, -0.25) is 14.1 Å². The van der Waals surface area contributed by atoms with Gasteiger partial charge in [-0.05, 0) is 51.4 Å². The molecule has 2 N–H and O–H groups in total. The highest BCUT2D eigenvalue weighted by Gasteiger charge is 2.22. The van der Waals surface area contributed by atoms with E-state index >= 15 is 0 Å². The summed E-state index contributed by atoms with van der Waals surface area (Å²) in [5, 5.41) is 0. The Bertz CT molecular complexity index is 1050. The molecule has 292 valence electrons. The Kier molecular flexibility index (Phi) is 35.4. The number of carbonyl (C=O) groups excluding carboxylic acids is 2. The molecule has 0 radical (unpaired) electrons. The molecule has 1 atom stereocenters. The second kappa shape index (κ2) is 37.3. The molecule has 0 aliphatic heterocycles. The lowest BCUT2D eigenvalue weighted by atomic mass is 10.0. The summed E-state index contributed by atoms with van der Waals surface area (Å²) in [4.78, 5) is 42.7. The normalized spacial score (nSPS) is 13.3. The van der Waals surface area contributed by atoms with E-state index in [1.54, 1.807) is 0 Å². The highest BCUT2D eigenvalue weighted by molar-refractivity contribution is 7.46. The summed E-state index contributed by atoms with van der Waals surface area (Å²) in [7, 11) is -4.77. The Hall–Kier alpha value is -2.51. The summed E-state index contributed by atoms with van der Waals surface area (Å²) < 4.78 is 26.3. The van der Waals surface area contributed by atoms with Crippen molar-refractivity contribution < 1.29 is 37.9 Å². The molecule has 0 saturated heterocycles. The van der Waals surface area contributed by atoms with E-state index < -0.39 is 32.5 Å². The van der Waals surface area contributed by atoms with E-state index in [4.69, 9.17) is 19.3 Å². The van der Waals surface area contributed by atoms with Crippen molar-refractivity contribution in [2.45, 2.75) is 168 Å². The van der Waals surface area contributed by atoms with Crippen molar-refractivity contribution >= 4 is 19.8 Å². The smallest absolute Gasteiger partial charge is 0.462 e. The molecular weight excluding hydrogens is 663 g/mol. The summed E-state index contributed by atoms with van der Waals surface area (Å²) in [5.74, 6) is -0.985. The third-order valence-electron chi connectivity index (χ3n) is 8.00. The van der Waals surface area contributed by atoms with Crippen LogP contribution in [0.4, 0.5) is 0 Å². The van der Waals surface area contributed by atoms with Crippen LogP contribution in [-0.4, -0.2) is 41.0 Å². The van der Waals surface area contributed by atoms with Crippen molar-refractivity contribution in [1.29, 1.82) is 0 Å². The average Bonchev–Trinajstić information content (AvgIpc) is 3.10. The first-order valence-electron chi connectivity index (χ1n) is 19.7. The van der Waals surface area contributed by atoms with Gasteiger partial charge in [-0.15, -0.1) is 0 Å². The topological polar surface area (TPSA) is 119 Å². The molecule has 0 spiro atoms. The van der Waals surface area contributed by atoms with Gasteiger partial charge in [-0.1, -0.05) is 170 Å². The minimum Gasteiger partial charge on any atom is -0.462 e. The summed E-state index contributed by atoms with van der Waals surface area (Å²) in [5.41, 5.74) is 0. The number of phosphoric acid groups is 1. The Balaban J connectivity index is 4.10. The molecule has 9 heteroatoms. The maximum absolute atomic E-state index is 12.3. The Morgan fingerprint density at radius 3 is 1.37 bits per heavy atom. The molecule has 0 bridgehead atoms.